The summed E-state index contributed by atoms with van der Waals surface area (Å²) < 4.78 is 11.6. The molecular formula is C16H14BrN5O6S. The molecular weight excluding hydrogens is 470 g/mol. The smallest absolute Gasteiger partial charge is 0.318 e. The van der Waals surface area contributed by atoms with Crippen molar-refractivity contribution < 1.29 is 19.3 Å². The second kappa shape index (κ2) is 9.75. The first-order valence-corrected chi connectivity index (χ1v) is 9.08. The van der Waals surface area contributed by atoms with E-state index in [1.54, 1.807) is 19.1 Å². The van der Waals surface area contributed by atoms with Crippen molar-refractivity contribution in [3.8, 4) is 17.2 Å². The fourth-order valence-electron chi connectivity index (χ4n) is 2.15. The Morgan fingerprint density at radius 1 is 1.28 bits per heavy atom. The molecule has 0 radical (unpaired) electrons. The molecule has 0 fully saturated rings. The summed E-state index contributed by atoms with van der Waals surface area (Å²) in [5.41, 5.74) is 7.32. The molecule has 0 atom stereocenters. The van der Waals surface area contributed by atoms with Gasteiger partial charge >= 0.3 is 5.69 Å². The molecule has 0 aromatic heterocycles. The second-order valence-electron chi connectivity index (χ2n) is 5.27. The number of hydrogen-bond acceptors (Lipinski definition) is 8. The van der Waals surface area contributed by atoms with E-state index >= 15 is 0 Å². The molecule has 13 heteroatoms. The summed E-state index contributed by atoms with van der Waals surface area (Å²) in [6, 6.07) is 6.30. The van der Waals surface area contributed by atoms with Crippen LogP contribution in [0, 0.1) is 20.2 Å². The van der Waals surface area contributed by atoms with Gasteiger partial charge in [-0.2, -0.15) is 5.10 Å². The Balaban J connectivity index is 2.46. The molecule has 0 unspecified atom stereocenters. The van der Waals surface area contributed by atoms with Crippen LogP contribution >= 0.6 is 28.1 Å². The standard InChI is InChI=1S/C16H14BrN5O6S/c1-2-27-14-6-9(8-19-20-16(18)29)5-11(17)15(14)28-13-4-3-10(21(23)24)7-12(13)22(25)26/h3-8H,2H2,1H3,(H3,18,20,29)/b19-8-. The van der Waals surface area contributed by atoms with Crippen LogP contribution in [0.15, 0.2) is 39.9 Å². The zero-order valence-electron chi connectivity index (χ0n) is 14.8. The average molecular weight is 484 g/mol. The Bertz CT molecular complexity index is 1000. The minimum absolute atomic E-state index is 0.00391. The van der Waals surface area contributed by atoms with Crippen molar-refractivity contribution in [2.45, 2.75) is 6.92 Å². The summed E-state index contributed by atoms with van der Waals surface area (Å²) >= 11 is 7.99. The van der Waals surface area contributed by atoms with E-state index in [1.165, 1.54) is 6.21 Å². The molecule has 0 aliphatic rings. The van der Waals surface area contributed by atoms with Gasteiger partial charge in [-0.25, -0.2) is 0 Å². The minimum Gasteiger partial charge on any atom is -0.490 e. The highest BCUT2D eigenvalue weighted by atomic mass is 79.9. The first-order chi connectivity index (χ1) is 13.7. The third-order valence-corrected chi connectivity index (χ3v) is 3.96. The number of nitro benzene ring substituents is 2. The number of hydrazone groups is 1. The van der Waals surface area contributed by atoms with E-state index in [0.717, 1.165) is 18.2 Å². The van der Waals surface area contributed by atoms with Crippen LogP contribution in [0.5, 0.6) is 17.2 Å². The average Bonchev–Trinajstić information content (AvgIpc) is 2.64. The lowest BCUT2D eigenvalue weighted by Crippen LogP contribution is -2.23. The van der Waals surface area contributed by atoms with Crippen LogP contribution in [0.25, 0.3) is 0 Å². The molecule has 0 heterocycles. The Morgan fingerprint density at radius 2 is 2.00 bits per heavy atom. The summed E-state index contributed by atoms with van der Waals surface area (Å²) in [7, 11) is 0. The molecule has 0 bridgehead atoms. The minimum atomic E-state index is -0.765. The predicted molar refractivity (Wildman–Crippen MR) is 113 cm³/mol. The Labute approximate surface area is 177 Å². The molecule has 0 saturated carbocycles. The maximum atomic E-state index is 11.3. The Hall–Kier alpha value is -3.32. The number of nitro groups is 2. The zero-order valence-corrected chi connectivity index (χ0v) is 17.2. The normalized spacial score (nSPS) is 10.6. The molecule has 3 N–H and O–H groups in total. The summed E-state index contributed by atoms with van der Waals surface area (Å²) in [5, 5.41) is 26.1. The van der Waals surface area contributed by atoms with Crippen molar-refractivity contribution in [1.29, 1.82) is 0 Å². The lowest BCUT2D eigenvalue weighted by molar-refractivity contribution is -0.394. The summed E-state index contributed by atoms with van der Waals surface area (Å²) in [5.74, 6) is 0.244. The Kier molecular flexibility index (Phi) is 7.39. The zero-order chi connectivity index (χ0) is 21.6. The number of hydrogen-bond donors (Lipinski definition) is 2. The van der Waals surface area contributed by atoms with Gasteiger partial charge in [-0.1, -0.05) is 0 Å². The number of ether oxygens (including phenoxy) is 2. The van der Waals surface area contributed by atoms with Crippen molar-refractivity contribution in [3.05, 3.63) is 60.6 Å². The maximum Gasteiger partial charge on any atom is 0.318 e. The van der Waals surface area contributed by atoms with Crippen LogP contribution in [0.1, 0.15) is 12.5 Å². The van der Waals surface area contributed by atoms with E-state index in [0.29, 0.717) is 10.0 Å². The second-order valence-corrected chi connectivity index (χ2v) is 6.56. The number of nitrogens with two attached hydrogens (primary N) is 1. The number of benzene rings is 2. The molecule has 29 heavy (non-hydrogen) atoms. The van der Waals surface area contributed by atoms with Crippen molar-refractivity contribution in [1.82, 2.24) is 5.43 Å². The number of thiocarbonyl (C=S) groups is 1. The lowest BCUT2D eigenvalue weighted by Gasteiger charge is -2.14. The van der Waals surface area contributed by atoms with E-state index in [9.17, 15) is 20.2 Å². The van der Waals surface area contributed by atoms with Crippen LogP contribution in [0.3, 0.4) is 0 Å². The Morgan fingerprint density at radius 3 is 2.59 bits per heavy atom. The highest BCUT2D eigenvalue weighted by Gasteiger charge is 2.23. The first-order valence-electron chi connectivity index (χ1n) is 7.88. The predicted octanol–water partition coefficient (Wildman–Crippen LogP) is 3.62. The SMILES string of the molecule is CCOc1cc(/C=N\NC(N)=S)cc(Br)c1Oc1ccc([N+](=O)[O-])cc1[N+](=O)[O-]. The summed E-state index contributed by atoms with van der Waals surface area (Å²) in [6.45, 7) is 2.04. The quantitative estimate of drug-likeness (QED) is 0.247. The fourth-order valence-corrected chi connectivity index (χ4v) is 2.75. The van der Waals surface area contributed by atoms with Gasteiger partial charge in [0.1, 0.15) is 0 Å². The van der Waals surface area contributed by atoms with Gasteiger partial charge < -0.3 is 15.2 Å². The maximum absolute atomic E-state index is 11.3. The van der Waals surface area contributed by atoms with Gasteiger partial charge in [0.15, 0.2) is 16.6 Å². The van der Waals surface area contributed by atoms with E-state index in [1.807, 2.05) is 0 Å². The molecule has 0 spiro atoms. The van der Waals surface area contributed by atoms with Crippen LogP contribution in [0.4, 0.5) is 11.4 Å². The van der Waals surface area contributed by atoms with Gasteiger partial charge in [-0.05, 0) is 58.8 Å². The molecule has 2 aromatic carbocycles. The summed E-state index contributed by atoms with van der Waals surface area (Å²) in [6.07, 6.45) is 1.44. The fraction of sp³-hybridized carbons (Fsp3) is 0.125. The molecule has 11 nitrogen and oxygen atoms in total. The highest BCUT2D eigenvalue weighted by molar-refractivity contribution is 9.10. The van der Waals surface area contributed by atoms with Crippen molar-refractivity contribution in [2.24, 2.45) is 10.8 Å². The highest BCUT2D eigenvalue weighted by Crippen LogP contribution is 2.42. The van der Waals surface area contributed by atoms with E-state index < -0.39 is 21.2 Å². The first kappa shape index (κ1) is 22.0. The largest absolute Gasteiger partial charge is 0.490 e. The van der Waals surface area contributed by atoms with Gasteiger partial charge in [0.2, 0.25) is 5.75 Å². The van der Waals surface area contributed by atoms with Crippen molar-refractivity contribution in [3.63, 3.8) is 0 Å². The number of halogens is 1. The molecule has 0 saturated heterocycles. The number of nitrogens with zero attached hydrogens (tertiary/aromatic N) is 3. The van der Waals surface area contributed by atoms with Crippen molar-refractivity contribution in [2.75, 3.05) is 6.61 Å². The number of non-ortho nitro benzene ring substituents is 1. The van der Waals surface area contributed by atoms with E-state index in [-0.39, 0.29) is 29.0 Å². The third kappa shape index (κ3) is 5.83. The topological polar surface area (TPSA) is 155 Å². The van der Waals surface area contributed by atoms with E-state index in [2.05, 4.69) is 38.7 Å². The van der Waals surface area contributed by atoms with Gasteiger partial charge in [0, 0.05) is 6.07 Å². The molecule has 0 aliphatic carbocycles. The van der Waals surface area contributed by atoms with Gasteiger partial charge in [0.25, 0.3) is 5.69 Å². The van der Waals surface area contributed by atoms with Crippen LogP contribution in [0.2, 0.25) is 0 Å². The third-order valence-electron chi connectivity index (χ3n) is 3.28. The van der Waals surface area contributed by atoms with Crippen LogP contribution in [-0.4, -0.2) is 27.8 Å². The molecule has 2 aromatic rings. The van der Waals surface area contributed by atoms with Gasteiger partial charge in [0.05, 0.1) is 33.2 Å². The lowest BCUT2D eigenvalue weighted by atomic mass is 10.2. The molecule has 0 aliphatic heterocycles. The van der Waals surface area contributed by atoms with Gasteiger partial charge in [-0.15, -0.1) is 0 Å². The number of nitrogens with one attached hydrogen (secondary N) is 1. The van der Waals surface area contributed by atoms with Gasteiger partial charge in [-0.3, -0.25) is 25.7 Å². The van der Waals surface area contributed by atoms with Crippen LogP contribution in [-0.2, 0) is 0 Å². The number of rotatable bonds is 8. The monoisotopic (exact) mass is 483 g/mol. The molecule has 2 rings (SSSR count). The van der Waals surface area contributed by atoms with E-state index in [4.69, 9.17) is 15.2 Å². The molecule has 152 valence electrons. The van der Waals surface area contributed by atoms with Crippen molar-refractivity contribution >= 4 is 50.8 Å². The summed E-state index contributed by atoms with van der Waals surface area (Å²) in [4.78, 5) is 20.7. The van der Waals surface area contributed by atoms with Crippen LogP contribution < -0.4 is 20.6 Å². The molecule has 0 amide bonds.